The van der Waals surface area contributed by atoms with Crippen LogP contribution < -0.4 is 15.0 Å². The molecule has 6 heteroatoms. The van der Waals surface area contributed by atoms with Crippen LogP contribution in [0.5, 0.6) is 11.5 Å². The highest BCUT2D eigenvalue weighted by Gasteiger charge is 2.42. The minimum atomic E-state index is -0.370. The van der Waals surface area contributed by atoms with Gasteiger partial charge in [-0.05, 0) is 55.2 Å². The summed E-state index contributed by atoms with van der Waals surface area (Å²) in [5, 5.41) is 0.776. The van der Waals surface area contributed by atoms with E-state index in [1.54, 1.807) is 13.2 Å². The van der Waals surface area contributed by atoms with Crippen LogP contribution in [0, 0.1) is 11.3 Å². The maximum absolute atomic E-state index is 13.4. The molecule has 2 aromatic rings. The second kappa shape index (κ2) is 9.55. The molecule has 1 unspecified atom stereocenters. The van der Waals surface area contributed by atoms with E-state index in [2.05, 4.69) is 18.8 Å². The summed E-state index contributed by atoms with van der Waals surface area (Å²) in [5.41, 5.74) is 0.589. The molecule has 0 bridgehead atoms. The van der Waals surface area contributed by atoms with Gasteiger partial charge in [0.05, 0.1) is 19.2 Å². The van der Waals surface area contributed by atoms with Gasteiger partial charge in [0.1, 0.15) is 5.56 Å². The molecule has 0 spiro atoms. The van der Waals surface area contributed by atoms with Crippen LogP contribution >= 0.6 is 0 Å². The van der Waals surface area contributed by atoms with Crippen molar-refractivity contribution in [1.82, 2.24) is 9.88 Å². The Hall–Kier alpha value is -2.50. The van der Waals surface area contributed by atoms with Gasteiger partial charge in [0.2, 0.25) is 0 Å². The number of carbonyl (C=O) groups excluding carboxylic acids is 1. The van der Waals surface area contributed by atoms with Crippen LogP contribution in [0.15, 0.2) is 23.0 Å². The molecule has 174 valence electrons. The minimum Gasteiger partial charge on any atom is -0.493 e. The summed E-state index contributed by atoms with van der Waals surface area (Å²) in [7, 11) is 1.59. The number of aromatic amines is 1. The SMILES string of the molecule is CCCCCOc1c(OC)ccc2cc(C(=O)N3CC[C@@H]4CCCCC4(C)C3)c(=O)[nH]c12. The van der Waals surface area contributed by atoms with Crippen molar-refractivity contribution in [2.75, 3.05) is 26.8 Å². The number of ether oxygens (including phenoxy) is 2. The summed E-state index contributed by atoms with van der Waals surface area (Å²) in [6, 6.07) is 5.41. The van der Waals surface area contributed by atoms with Crippen molar-refractivity contribution < 1.29 is 14.3 Å². The molecule has 2 fully saturated rings. The Labute approximate surface area is 190 Å². The standard InChI is InChI=1S/C26H36N2O4/c1-4-5-8-15-32-23-21(31-3)11-10-18-16-20(24(29)27-22(18)23)25(30)28-14-12-19-9-6-7-13-26(19,2)17-28/h10-11,16,19H,4-9,12-15,17H2,1-3H3,(H,27,29)/t19-,26?/m0/s1. The third kappa shape index (κ3) is 4.37. The van der Waals surface area contributed by atoms with E-state index in [1.165, 1.54) is 19.3 Å². The molecule has 1 amide bonds. The van der Waals surface area contributed by atoms with E-state index in [9.17, 15) is 9.59 Å². The minimum absolute atomic E-state index is 0.167. The Morgan fingerprint density at radius 1 is 1.25 bits per heavy atom. The molecule has 1 saturated carbocycles. The zero-order valence-electron chi connectivity index (χ0n) is 19.7. The molecule has 1 aliphatic heterocycles. The van der Waals surface area contributed by atoms with Gasteiger partial charge in [-0.15, -0.1) is 0 Å². The fourth-order valence-electron chi connectivity index (χ4n) is 5.56. The topological polar surface area (TPSA) is 71.6 Å². The first-order chi connectivity index (χ1) is 15.5. The van der Waals surface area contributed by atoms with E-state index in [0.29, 0.717) is 29.5 Å². The average Bonchev–Trinajstić information content (AvgIpc) is 2.80. The summed E-state index contributed by atoms with van der Waals surface area (Å²) in [6.07, 6.45) is 9.10. The van der Waals surface area contributed by atoms with Crippen molar-refractivity contribution in [2.24, 2.45) is 11.3 Å². The first-order valence-corrected chi connectivity index (χ1v) is 12.1. The van der Waals surface area contributed by atoms with Crippen molar-refractivity contribution in [2.45, 2.75) is 65.2 Å². The molecular formula is C26H36N2O4. The molecule has 1 aromatic heterocycles. The number of nitrogens with one attached hydrogen (secondary N) is 1. The van der Waals surface area contributed by atoms with Crippen LogP contribution in [0.2, 0.25) is 0 Å². The second-order valence-corrected chi connectivity index (χ2v) is 9.74. The summed E-state index contributed by atoms with van der Waals surface area (Å²) in [5.74, 6) is 1.64. The molecule has 32 heavy (non-hydrogen) atoms. The van der Waals surface area contributed by atoms with E-state index >= 15 is 0 Å². The number of amides is 1. The third-order valence-electron chi connectivity index (χ3n) is 7.50. The Bertz CT molecular complexity index is 1030. The van der Waals surface area contributed by atoms with E-state index in [4.69, 9.17) is 9.47 Å². The quantitative estimate of drug-likeness (QED) is 0.605. The van der Waals surface area contributed by atoms with Gasteiger partial charge in [0, 0.05) is 18.5 Å². The number of likely N-dealkylation sites (tertiary alicyclic amines) is 1. The highest BCUT2D eigenvalue weighted by atomic mass is 16.5. The number of fused-ring (bicyclic) bond motifs is 2. The van der Waals surface area contributed by atoms with Crippen LogP contribution in [-0.2, 0) is 0 Å². The fourth-order valence-corrected chi connectivity index (χ4v) is 5.56. The Morgan fingerprint density at radius 2 is 2.09 bits per heavy atom. The van der Waals surface area contributed by atoms with Crippen molar-refractivity contribution in [3.8, 4) is 11.5 Å². The summed E-state index contributed by atoms with van der Waals surface area (Å²) >= 11 is 0. The third-order valence-corrected chi connectivity index (χ3v) is 7.50. The predicted octanol–water partition coefficient (Wildman–Crippen LogP) is 5.15. The predicted molar refractivity (Wildman–Crippen MR) is 127 cm³/mol. The van der Waals surface area contributed by atoms with E-state index in [0.717, 1.165) is 50.6 Å². The molecule has 1 aromatic carbocycles. The van der Waals surface area contributed by atoms with Crippen LogP contribution in [0.25, 0.3) is 10.9 Å². The average molecular weight is 441 g/mol. The smallest absolute Gasteiger partial charge is 0.261 e. The van der Waals surface area contributed by atoms with Gasteiger partial charge in [-0.3, -0.25) is 9.59 Å². The first-order valence-electron chi connectivity index (χ1n) is 12.1. The number of piperidine rings is 1. The normalized spacial score (nSPS) is 23.1. The maximum Gasteiger partial charge on any atom is 0.261 e. The molecule has 2 atom stereocenters. The number of benzene rings is 1. The number of pyridine rings is 1. The van der Waals surface area contributed by atoms with E-state index in [-0.39, 0.29) is 22.4 Å². The number of hydrogen-bond donors (Lipinski definition) is 1. The number of methoxy groups -OCH3 is 1. The number of unbranched alkanes of at least 4 members (excludes halogenated alkanes) is 2. The highest BCUT2D eigenvalue weighted by molar-refractivity contribution is 5.98. The molecule has 4 rings (SSSR count). The molecule has 2 aliphatic rings. The number of aromatic nitrogens is 1. The number of rotatable bonds is 7. The van der Waals surface area contributed by atoms with Crippen LogP contribution in [0.4, 0.5) is 0 Å². The second-order valence-electron chi connectivity index (χ2n) is 9.74. The Morgan fingerprint density at radius 3 is 2.88 bits per heavy atom. The summed E-state index contributed by atoms with van der Waals surface area (Å²) in [4.78, 5) is 31.2. The van der Waals surface area contributed by atoms with E-state index < -0.39 is 0 Å². The molecule has 1 N–H and O–H groups in total. The van der Waals surface area contributed by atoms with Crippen molar-refractivity contribution >= 4 is 16.8 Å². The van der Waals surface area contributed by atoms with Crippen LogP contribution in [0.1, 0.15) is 75.6 Å². The number of hydrogen-bond acceptors (Lipinski definition) is 4. The Balaban J connectivity index is 1.62. The first kappa shape index (κ1) is 22.7. The maximum atomic E-state index is 13.4. The fraction of sp³-hybridized carbons (Fsp3) is 0.615. The van der Waals surface area contributed by atoms with Gasteiger partial charge in [-0.1, -0.05) is 39.5 Å². The molecule has 6 nitrogen and oxygen atoms in total. The van der Waals surface area contributed by atoms with Gasteiger partial charge in [-0.25, -0.2) is 0 Å². The highest BCUT2D eigenvalue weighted by Crippen LogP contribution is 2.46. The molecule has 1 saturated heterocycles. The number of carbonyl (C=O) groups is 1. The number of nitrogens with zero attached hydrogens (tertiary/aromatic N) is 1. The zero-order chi connectivity index (χ0) is 22.7. The lowest BCUT2D eigenvalue weighted by atomic mass is 9.64. The lowest BCUT2D eigenvalue weighted by Gasteiger charge is -2.49. The summed E-state index contributed by atoms with van der Waals surface area (Å²) in [6.45, 7) is 6.48. The lowest BCUT2D eigenvalue weighted by Crippen LogP contribution is -2.51. The summed E-state index contributed by atoms with van der Waals surface area (Å²) < 4.78 is 11.5. The van der Waals surface area contributed by atoms with Gasteiger partial charge >= 0.3 is 0 Å². The monoisotopic (exact) mass is 440 g/mol. The van der Waals surface area contributed by atoms with Gasteiger partial charge in [-0.2, -0.15) is 0 Å². The van der Waals surface area contributed by atoms with Gasteiger partial charge in [0.15, 0.2) is 11.5 Å². The molecular weight excluding hydrogens is 404 g/mol. The van der Waals surface area contributed by atoms with Crippen LogP contribution in [-0.4, -0.2) is 42.6 Å². The van der Waals surface area contributed by atoms with Crippen molar-refractivity contribution in [3.05, 3.63) is 34.1 Å². The molecule has 1 aliphatic carbocycles. The van der Waals surface area contributed by atoms with Crippen LogP contribution in [0.3, 0.4) is 0 Å². The van der Waals surface area contributed by atoms with Gasteiger partial charge < -0.3 is 19.4 Å². The lowest BCUT2D eigenvalue weighted by molar-refractivity contribution is 0.00972. The molecule has 0 radical (unpaired) electrons. The largest absolute Gasteiger partial charge is 0.493 e. The number of H-pyrrole nitrogens is 1. The molecule has 2 heterocycles. The zero-order valence-corrected chi connectivity index (χ0v) is 19.7. The van der Waals surface area contributed by atoms with Gasteiger partial charge in [0.25, 0.3) is 11.5 Å². The Kier molecular flexibility index (Phi) is 6.77. The van der Waals surface area contributed by atoms with E-state index in [1.807, 2.05) is 17.0 Å². The van der Waals surface area contributed by atoms with Crippen molar-refractivity contribution in [1.29, 1.82) is 0 Å². The van der Waals surface area contributed by atoms with Crippen molar-refractivity contribution in [3.63, 3.8) is 0 Å².